The molecule has 0 radical (unpaired) electrons. The van der Waals surface area contributed by atoms with E-state index in [9.17, 15) is 0 Å². The molecule has 0 amide bonds. The topological polar surface area (TPSA) is 16.1 Å². The molecule has 0 spiro atoms. The van der Waals surface area contributed by atoms with E-state index < -0.39 is 0 Å². The van der Waals surface area contributed by atoms with E-state index in [0.29, 0.717) is 0 Å². The molecule has 0 bridgehead atoms. The normalized spacial score (nSPS) is 11.2. The zero-order chi connectivity index (χ0) is 11.4. The van der Waals surface area contributed by atoms with Crippen molar-refractivity contribution >= 4 is 26.8 Å². The minimum Gasteiger partial charge on any atom is -0.301 e. The molecular formula is C13H15BrN2. The molecule has 16 heavy (non-hydrogen) atoms. The lowest BCUT2D eigenvalue weighted by Gasteiger charge is -2.15. The van der Waals surface area contributed by atoms with Crippen molar-refractivity contribution < 1.29 is 0 Å². The third-order valence-corrected chi connectivity index (χ3v) is 2.98. The SMILES string of the molecule is CN(CCBr)Cc1cccc2cccnc12. The van der Waals surface area contributed by atoms with Gasteiger partial charge in [-0.3, -0.25) is 4.98 Å². The Kier molecular flexibility index (Phi) is 3.91. The van der Waals surface area contributed by atoms with E-state index >= 15 is 0 Å². The third-order valence-electron chi connectivity index (χ3n) is 2.62. The van der Waals surface area contributed by atoms with Crippen molar-refractivity contribution in [3.05, 3.63) is 42.1 Å². The van der Waals surface area contributed by atoms with E-state index in [4.69, 9.17) is 0 Å². The van der Waals surface area contributed by atoms with Crippen LogP contribution in [-0.4, -0.2) is 28.8 Å². The van der Waals surface area contributed by atoms with Crippen LogP contribution in [0.3, 0.4) is 0 Å². The van der Waals surface area contributed by atoms with Crippen LogP contribution in [0.15, 0.2) is 36.5 Å². The van der Waals surface area contributed by atoms with E-state index in [-0.39, 0.29) is 0 Å². The number of rotatable bonds is 4. The fourth-order valence-electron chi connectivity index (χ4n) is 1.81. The number of pyridine rings is 1. The molecule has 1 heterocycles. The molecule has 0 N–H and O–H groups in total. The number of alkyl halides is 1. The molecule has 0 aliphatic rings. The van der Waals surface area contributed by atoms with Crippen LogP contribution in [0.4, 0.5) is 0 Å². The lowest BCUT2D eigenvalue weighted by molar-refractivity contribution is 0.350. The Morgan fingerprint density at radius 2 is 2.06 bits per heavy atom. The summed E-state index contributed by atoms with van der Waals surface area (Å²) < 4.78 is 0. The summed E-state index contributed by atoms with van der Waals surface area (Å²) in [6, 6.07) is 10.4. The number of aromatic nitrogens is 1. The first-order valence-electron chi connectivity index (χ1n) is 5.38. The van der Waals surface area contributed by atoms with E-state index in [2.05, 4.69) is 57.1 Å². The molecule has 0 aliphatic heterocycles. The van der Waals surface area contributed by atoms with Gasteiger partial charge in [0.05, 0.1) is 5.52 Å². The van der Waals surface area contributed by atoms with Crippen LogP contribution in [-0.2, 0) is 6.54 Å². The van der Waals surface area contributed by atoms with Crippen LogP contribution in [0.2, 0.25) is 0 Å². The van der Waals surface area contributed by atoms with E-state index in [1.807, 2.05) is 12.3 Å². The zero-order valence-corrected chi connectivity index (χ0v) is 10.9. The Labute approximate surface area is 104 Å². The van der Waals surface area contributed by atoms with Gasteiger partial charge < -0.3 is 4.90 Å². The highest BCUT2D eigenvalue weighted by Crippen LogP contribution is 2.17. The van der Waals surface area contributed by atoms with Gasteiger partial charge in [-0.2, -0.15) is 0 Å². The van der Waals surface area contributed by atoms with Crippen LogP contribution in [0.5, 0.6) is 0 Å². The van der Waals surface area contributed by atoms with Crippen LogP contribution in [0.25, 0.3) is 10.9 Å². The molecule has 84 valence electrons. The van der Waals surface area contributed by atoms with Gasteiger partial charge in [0.1, 0.15) is 0 Å². The first kappa shape index (κ1) is 11.6. The molecule has 0 fully saturated rings. The molecular weight excluding hydrogens is 264 g/mol. The highest BCUT2D eigenvalue weighted by atomic mass is 79.9. The Morgan fingerprint density at radius 3 is 2.88 bits per heavy atom. The van der Waals surface area contributed by atoms with E-state index in [0.717, 1.165) is 23.9 Å². The minimum atomic E-state index is 0.944. The summed E-state index contributed by atoms with van der Waals surface area (Å²) in [7, 11) is 2.13. The predicted molar refractivity (Wildman–Crippen MR) is 71.9 cm³/mol. The average molecular weight is 279 g/mol. The molecule has 2 aromatic rings. The maximum absolute atomic E-state index is 4.46. The number of halogens is 1. The fraction of sp³-hybridized carbons (Fsp3) is 0.308. The van der Waals surface area contributed by atoms with Crippen molar-refractivity contribution in [3.63, 3.8) is 0 Å². The molecule has 0 saturated carbocycles. The summed E-state index contributed by atoms with van der Waals surface area (Å²) in [5, 5.41) is 2.22. The van der Waals surface area contributed by atoms with Gasteiger partial charge in [0, 0.05) is 30.0 Å². The van der Waals surface area contributed by atoms with Crippen molar-refractivity contribution in [2.24, 2.45) is 0 Å². The zero-order valence-electron chi connectivity index (χ0n) is 9.36. The second-order valence-corrected chi connectivity index (χ2v) is 4.71. The average Bonchev–Trinajstić information content (AvgIpc) is 2.30. The molecule has 0 saturated heterocycles. The van der Waals surface area contributed by atoms with Gasteiger partial charge in [0.15, 0.2) is 0 Å². The van der Waals surface area contributed by atoms with Crippen LogP contribution in [0, 0.1) is 0 Å². The Hall–Kier alpha value is -0.930. The largest absolute Gasteiger partial charge is 0.301 e. The van der Waals surface area contributed by atoms with Crippen molar-refractivity contribution in [1.82, 2.24) is 9.88 Å². The maximum Gasteiger partial charge on any atom is 0.0746 e. The smallest absolute Gasteiger partial charge is 0.0746 e. The summed E-state index contributed by atoms with van der Waals surface area (Å²) in [5.41, 5.74) is 2.41. The second kappa shape index (κ2) is 5.41. The molecule has 0 aliphatic carbocycles. The van der Waals surface area contributed by atoms with Crippen molar-refractivity contribution in [2.45, 2.75) is 6.54 Å². The second-order valence-electron chi connectivity index (χ2n) is 3.92. The number of benzene rings is 1. The fourth-order valence-corrected chi connectivity index (χ4v) is 2.41. The summed E-state index contributed by atoms with van der Waals surface area (Å²) in [4.78, 5) is 6.75. The van der Waals surface area contributed by atoms with Crippen molar-refractivity contribution in [2.75, 3.05) is 18.9 Å². The Balaban J connectivity index is 2.30. The summed E-state index contributed by atoms with van der Waals surface area (Å²) in [5.74, 6) is 0. The molecule has 3 heteroatoms. The summed E-state index contributed by atoms with van der Waals surface area (Å²) in [6.07, 6.45) is 1.86. The highest BCUT2D eigenvalue weighted by Gasteiger charge is 2.04. The van der Waals surface area contributed by atoms with Gasteiger partial charge in [-0.1, -0.05) is 40.2 Å². The van der Waals surface area contributed by atoms with Crippen LogP contribution in [0.1, 0.15) is 5.56 Å². The first-order chi connectivity index (χ1) is 7.81. The van der Waals surface area contributed by atoms with Gasteiger partial charge in [-0.05, 0) is 18.7 Å². The maximum atomic E-state index is 4.46. The van der Waals surface area contributed by atoms with Crippen LogP contribution < -0.4 is 0 Å². The van der Waals surface area contributed by atoms with Crippen LogP contribution >= 0.6 is 15.9 Å². The molecule has 2 nitrogen and oxygen atoms in total. The van der Waals surface area contributed by atoms with Crippen molar-refractivity contribution in [1.29, 1.82) is 0 Å². The van der Waals surface area contributed by atoms with E-state index in [1.165, 1.54) is 10.9 Å². The molecule has 0 atom stereocenters. The van der Waals surface area contributed by atoms with Crippen molar-refractivity contribution in [3.8, 4) is 0 Å². The quantitative estimate of drug-likeness (QED) is 0.800. The first-order valence-corrected chi connectivity index (χ1v) is 6.50. The minimum absolute atomic E-state index is 0.944. The van der Waals surface area contributed by atoms with Gasteiger partial charge in [0.25, 0.3) is 0 Å². The number of fused-ring (bicyclic) bond motifs is 1. The standard InChI is InChI=1S/C13H15BrN2/c1-16(9-7-14)10-12-5-2-4-11-6-3-8-15-13(11)12/h2-6,8H,7,9-10H2,1H3. The molecule has 2 rings (SSSR count). The number of nitrogens with zero attached hydrogens (tertiary/aromatic N) is 2. The summed E-state index contributed by atoms with van der Waals surface area (Å²) >= 11 is 3.46. The predicted octanol–water partition coefficient (Wildman–Crippen LogP) is 3.06. The Bertz CT molecular complexity index is 465. The third kappa shape index (κ3) is 2.60. The molecule has 1 aromatic heterocycles. The summed E-state index contributed by atoms with van der Waals surface area (Å²) in [6.45, 7) is 1.99. The van der Waals surface area contributed by atoms with Gasteiger partial charge in [-0.15, -0.1) is 0 Å². The van der Waals surface area contributed by atoms with E-state index in [1.54, 1.807) is 0 Å². The number of para-hydroxylation sites is 1. The lowest BCUT2D eigenvalue weighted by Crippen LogP contribution is -2.20. The molecule has 0 unspecified atom stereocenters. The molecule has 1 aromatic carbocycles. The Morgan fingerprint density at radius 1 is 1.25 bits per heavy atom. The number of hydrogen-bond acceptors (Lipinski definition) is 2. The number of hydrogen-bond donors (Lipinski definition) is 0. The highest BCUT2D eigenvalue weighted by molar-refractivity contribution is 9.09. The monoisotopic (exact) mass is 278 g/mol. The van der Waals surface area contributed by atoms with Gasteiger partial charge in [-0.25, -0.2) is 0 Å². The van der Waals surface area contributed by atoms with Gasteiger partial charge >= 0.3 is 0 Å². The van der Waals surface area contributed by atoms with Gasteiger partial charge in [0.2, 0.25) is 0 Å². The lowest BCUT2D eigenvalue weighted by atomic mass is 10.1.